The van der Waals surface area contributed by atoms with Gasteiger partial charge in [-0.3, -0.25) is 4.79 Å². The first-order valence-electron chi connectivity index (χ1n) is 5.36. The van der Waals surface area contributed by atoms with Crippen molar-refractivity contribution in [1.29, 1.82) is 0 Å². The third-order valence-electron chi connectivity index (χ3n) is 2.39. The van der Waals surface area contributed by atoms with Crippen LogP contribution < -0.4 is 5.73 Å². The van der Waals surface area contributed by atoms with E-state index in [1.807, 2.05) is 0 Å². The molecule has 0 aliphatic rings. The highest BCUT2D eigenvalue weighted by Crippen LogP contribution is 2.29. The molecule has 1 aromatic rings. The van der Waals surface area contributed by atoms with Gasteiger partial charge < -0.3 is 15.6 Å². The molecule has 0 radical (unpaired) electrons. The summed E-state index contributed by atoms with van der Waals surface area (Å²) in [4.78, 5) is 11.2. The quantitative estimate of drug-likeness (QED) is 0.788. The van der Waals surface area contributed by atoms with E-state index in [0.29, 0.717) is 5.56 Å². The molecule has 0 saturated heterocycles. The number of phenols is 1. The lowest BCUT2D eigenvalue weighted by Crippen LogP contribution is -2.17. The number of benzene rings is 1. The Kier molecular flexibility index (Phi) is 4.45. The van der Waals surface area contributed by atoms with Crippen LogP contribution in [0.1, 0.15) is 30.5 Å². The van der Waals surface area contributed by atoms with Gasteiger partial charge in [-0.25, -0.2) is 4.39 Å². The maximum absolute atomic E-state index is 13.2. The second-order valence-electron chi connectivity index (χ2n) is 3.78. The zero-order valence-corrected chi connectivity index (χ0v) is 9.87. The van der Waals surface area contributed by atoms with Crippen molar-refractivity contribution in [2.45, 2.75) is 26.3 Å². The number of rotatable bonds is 4. The molecule has 0 heterocycles. The minimum atomic E-state index is -0.775. The van der Waals surface area contributed by atoms with Crippen LogP contribution in [-0.4, -0.2) is 17.7 Å². The van der Waals surface area contributed by atoms with Crippen molar-refractivity contribution in [2.24, 2.45) is 5.73 Å². The van der Waals surface area contributed by atoms with E-state index in [9.17, 15) is 14.3 Å². The standard InChI is InChI=1S/C12H16FNO3/c1-3-17-11(15)6-10(14)9-5-8(13)4-7(2)12(9)16/h4-5,10,16H,3,6,14H2,1-2H3/t10-/m0/s1. The minimum Gasteiger partial charge on any atom is -0.507 e. The average Bonchev–Trinajstić information content (AvgIpc) is 2.23. The number of aromatic hydroxyl groups is 1. The molecule has 1 rings (SSSR count). The summed E-state index contributed by atoms with van der Waals surface area (Å²) in [7, 11) is 0. The molecule has 0 fully saturated rings. The molecule has 0 aliphatic carbocycles. The third kappa shape index (κ3) is 3.42. The zero-order valence-electron chi connectivity index (χ0n) is 9.87. The van der Waals surface area contributed by atoms with E-state index in [-0.39, 0.29) is 24.3 Å². The molecule has 94 valence electrons. The summed E-state index contributed by atoms with van der Waals surface area (Å²) < 4.78 is 17.9. The largest absolute Gasteiger partial charge is 0.507 e. The van der Waals surface area contributed by atoms with Crippen LogP contribution in [0.4, 0.5) is 4.39 Å². The number of carbonyl (C=O) groups is 1. The van der Waals surface area contributed by atoms with Crippen molar-refractivity contribution in [3.63, 3.8) is 0 Å². The van der Waals surface area contributed by atoms with Crippen LogP contribution in [0.2, 0.25) is 0 Å². The molecule has 0 aromatic heterocycles. The predicted octanol–water partition coefficient (Wildman–Crippen LogP) is 1.79. The van der Waals surface area contributed by atoms with Gasteiger partial charge in [-0.05, 0) is 31.5 Å². The highest BCUT2D eigenvalue weighted by atomic mass is 19.1. The number of hydrogen-bond donors (Lipinski definition) is 2. The van der Waals surface area contributed by atoms with Crippen LogP contribution in [-0.2, 0) is 9.53 Å². The molecule has 0 amide bonds. The first-order chi connectivity index (χ1) is 7.95. The summed E-state index contributed by atoms with van der Waals surface area (Å²) in [5, 5.41) is 9.74. The van der Waals surface area contributed by atoms with Crippen molar-refractivity contribution in [1.82, 2.24) is 0 Å². The molecule has 0 saturated carbocycles. The van der Waals surface area contributed by atoms with Gasteiger partial charge >= 0.3 is 5.97 Å². The van der Waals surface area contributed by atoms with Gasteiger partial charge in [-0.2, -0.15) is 0 Å². The van der Waals surface area contributed by atoms with E-state index in [1.54, 1.807) is 13.8 Å². The molecule has 0 aliphatic heterocycles. The fourth-order valence-corrected chi connectivity index (χ4v) is 1.55. The zero-order chi connectivity index (χ0) is 13.0. The molecule has 1 aromatic carbocycles. The van der Waals surface area contributed by atoms with E-state index in [4.69, 9.17) is 10.5 Å². The van der Waals surface area contributed by atoms with Crippen LogP contribution in [0.25, 0.3) is 0 Å². The molecule has 3 N–H and O–H groups in total. The maximum Gasteiger partial charge on any atom is 0.307 e. The molecular weight excluding hydrogens is 225 g/mol. The Morgan fingerprint density at radius 1 is 1.59 bits per heavy atom. The van der Waals surface area contributed by atoms with Crippen molar-refractivity contribution in [2.75, 3.05) is 6.61 Å². The van der Waals surface area contributed by atoms with E-state index in [2.05, 4.69) is 0 Å². The van der Waals surface area contributed by atoms with E-state index in [1.165, 1.54) is 6.07 Å². The van der Waals surface area contributed by atoms with Gasteiger partial charge in [0.15, 0.2) is 0 Å². The van der Waals surface area contributed by atoms with Crippen LogP contribution >= 0.6 is 0 Å². The predicted molar refractivity (Wildman–Crippen MR) is 61.0 cm³/mol. The summed E-state index contributed by atoms with van der Waals surface area (Å²) in [5.41, 5.74) is 6.34. The second-order valence-corrected chi connectivity index (χ2v) is 3.78. The Morgan fingerprint density at radius 3 is 2.82 bits per heavy atom. The number of carbonyl (C=O) groups excluding carboxylic acids is 1. The summed E-state index contributed by atoms with van der Waals surface area (Å²) in [6.45, 7) is 3.52. The van der Waals surface area contributed by atoms with E-state index >= 15 is 0 Å². The first kappa shape index (κ1) is 13.4. The smallest absolute Gasteiger partial charge is 0.307 e. The lowest BCUT2D eigenvalue weighted by Gasteiger charge is -2.14. The number of ether oxygens (including phenoxy) is 1. The summed E-state index contributed by atoms with van der Waals surface area (Å²) in [6.07, 6.45) is -0.0930. The van der Waals surface area contributed by atoms with Gasteiger partial charge in [0.25, 0.3) is 0 Å². The maximum atomic E-state index is 13.2. The highest BCUT2D eigenvalue weighted by molar-refractivity contribution is 5.70. The van der Waals surface area contributed by atoms with Gasteiger partial charge in [0.2, 0.25) is 0 Å². The Hall–Kier alpha value is -1.62. The summed E-state index contributed by atoms with van der Waals surface area (Å²) in [6, 6.07) is 1.56. The molecule has 5 heteroatoms. The van der Waals surface area contributed by atoms with Crippen molar-refractivity contribution in [3.8, 4) is 5.75 Å². The Bertz CT molecular complexity index is 420. The number of halogens is 1. The summed E-state index contributed by atoms with van der Waals surface area (Å²) >= 11 is 0. The van der Waals surface area contributed by atoms with E-state index in [0.717, 1.165) is 6.07 Å². The second kappa shape index (κ2) is 5.63. The number of hydrogen-bond acceptors (Lipinski definition) is 4. The normalized spacial score (nSPS) is 12.2. The van der Waals surface area contributed by atoms with Crippen LogP contribution in [0, 0.1) is 12.7 Å². The summed E-state index contributed by atoms with van der Waals surface area (Å²) in [5.74, 6) is -1.04. The van der Waals surface area contributed by atoms with Crippen molar-refractivity contribution in [3.05, 3.63) is 29.1 Å². The van der Waals surface area contributed by atoms with Gasteiger partial charge in [-0.15, -0.1) is 0 Å². The monoisotopic (exact) mass is 241 g/mol. The van der Waals surface area contributed by atoms with Crippen LogP contribution in [0.5, 0.6) is 5.75 Å². The lowest BCUT2D eigenvalue weighted by atomic mass is 10.0. The number of esters is 1. The minimum absolute atomic E-state index is 0.0804. The number of nitrogens with two attached hydrogens (primary N) is 1. The van der Waals surface area contributed by atoms with Gasteiger partial charge in [-0.1, -0.05) is 0 Å². The van der Waals surface area contributed by atoms with Gasteiger partial charge in [0.05, 0.1) is 13.0 Å². The third-order valence-corrected chi connectivity index (χ3v) is 2.39. The fraction of sp³-hybridized carbons (Fsp3) is 0.417. The van der Waals surface area contributed by atoms with E-state index < -0.39 is 17.8 Å². The van der Waals surface area contributed by atoms with Gasteiger partial charge in [0, 0.05) is 11.6 Å². The van der Waals surface area contributed by atoms with Crippen molar-refractivity contribution >= 4 is 5.97 Å². The molecule has 0 spiro atoms. The van der Waals surface area contributed by atoms with Crippen molar-refractivity contribution < 1.29 is 19.0 Å². The topological polar surface area (TPSA) is 72.5 Å². The molecule has 17 heavy (non-hydrogen) atoms. The number of aryl methyl sites for hydroxylation is 1. The molecule has 0 bridgehead atoms. The Labute approximate surface area is 99.2 Å². The highest BCUT2D eigenvalue weighted by Gasteiger charge is 2.18. The lowest BCUT2D eigenvalue weighted by molar-refractivity contribution is -0.143. The van der Waals surface area contributed by atoms with Crippen LogP contribution in [0.3, 0.4) is 0 Å². The molecule has 1 atom stereocenters. The fourth-order valence-electron chi connectivity index (χ4n) is 1.55. The molecule has 4 nitrogen and oxygen atoms in total. The first-order valence-corrected chi connectivity index (χ1v) is 5.36. The molecular formula is C12H16FNO3. The SMILES string of the molecule is CCOC(=O)C[C@H](N)c1cc(F)cc(C)c1O. The molecule has 0 unspecified atom stereocenters. The Balaban J connectivity index is 2.88. The van der Waals surface area contributed by atoms with Gasteiger partial charge in [0.1, 0.15) is 11.6 Å². The number of phenolic OH excluding ortho intramolecular Hbond substituents is 1. The van der Waals surface area contributed by atoms with Crippen LogP contribution in [0.15, 0.2) is 12.1 Å². The average molecular weight is 241 g/mol. The Morgan fingerprint density at radius 2 is 2.24 bits per heavy atom.